The molecule has 1 atom stereocenters. The first-order valence-electron chi connectivity index (χ1n) is 10.6. The van der Waals surface area contributed by atoms with Crippen LogP contribution in [0, 0.1) is 0 Å². The highest BCUT2D eigenvalue weighted by Gasteiger charge is 2.30. The summed E-state index contributed by atoms with van der Waals surface area (Å²) in [5, 5.41) is 2.35. The van der Waals surface area contributed by atoms with Crippen LogP contribution in [-0.2, 0) is 9.53 Å². The second kappa shape index (κ2) is 9.12. The van der Waals surface area contributed by atoms with Crippen LogP contribution in [0.1, 0.15) is 44.1 Å². The van der Waals surface area contributed by atoms with Crippen LogP contribution in [0.3, 0.4) is 0 Å². The molecule has 0 saturated carbocycles. The summed E-state index contributed by atoms with van der Waals surface area (Å²) >= 11 is 0. The Balaban J connectivity index is 1.75. The van der Waals surface area contributed by atoms with Gasteiger partial charge in [-0.15, -0.1) is 0 Å². The van der Waals surface area contributed by atoms with Crippen molar-refractivity contribution >= 4 is 16.7 Å². The van der Waals surface area contributed by atoms with Gasteiger partial charge in [-0.3, -0.25) is 4.79 Å². The average molecular weight is 402 g/mol. The maximum Gasteiger partial charge on any atom is 0.317 e. The first-order valence-corrected chi connectivity index (χ1v) is 10.6. The molecule has 1 unspecified atom stereocenters. The van der Waals surface area contributed by atoms with Crippen LogP contribution in [0.4, 0.5) is 0 Å². The number of hydrogen-bond acceptors (Lipinski definition) is 4. The molecule has 0 spiro atoms. The van der Waals surface area contributed by atoms with Crippen LogP contribution in [0.25, 0.3) is 22.0 Å². The van der Waals surface area contributed by atoms with Crippen LogP contribution in [0.15, 0.2) is 66.2 Å². The third-order valence-electron chi connectivity index (χ3n) is 5.66. The molecule has 4 rings (SSSR count). The molecule has 4 nitrogen and oxygen atoms in total. The number of methoxy groups -OCH3 is 1. The molecule has 0 aliphatic heterocycles. The van der Waals surface area contributed by atoms with Crippen molar-refractivity contribution in [2.75, 3.05) is 13.7 Å². The minimum atomic E-state index is -0.460. The number of hydrogen-bond donors (Lipinski definition) is 0. The molecule has 1 aliphatic rings. The summed E-state index contributed by atoms with van der Waals surface area (Å²) < 4.78 is 11.1. The Kier molecular flexibility index (Phi) is 6.12. The van der Waals surface area contributed by atoms with Gasteiger partial charge in [0.2, 0.25) is 5.88 Å². The van der Waals surface area contributed by atoms with E-state index in [2.05, 4.69) is 36.4 Å². The third kappa shape index (κ3) is 4.09. The molecule has 0 N–H and O–H groups in total. The average Bonchev–Trinajstić information content (AvgIpc) is 2.80. The van der Waals surface area contributed by atoms with Gasteiger partial charge in [-0.2, -0.15) is 0 Å². The Bertz CT molecular complexity index is 1090. The molecule has 1 heterocycles. The molecule has 0 amide bonds. The van der Waals surface area contributed by atoms with Gasteiger partial charge in [0.05, 0.1) is 19.4 Å². The molecule has 0 radical (unpaired) electrons. The standard InChI is InChI=1S/C26H27NO3/c1-3-30-26(28)24(19-10-5-4-6-11-19)22-15-16-23(27-25(22)29-2)21-14-13-18-9-7-8-12-20(18)17-21/h7-10,12-17,24H,3-6,11H2,1-2H3. The summed E-state index contributed by atoms with van der Waals surface area (Å²) in [6.07, 6.45) is 6.33. The number of aromatic nitrogens is 1. The first-order chi connectivity index (χ1) is 14.7. The van der Waals surface area contributed by atoms with Crippen LogP contribution in [0.2, 0.25) is 0 Å². The Morgan fingerprint density at radius 1 is 1.07 bits per heavy atom. The molecule has 3 aromatic rings. The Labute approximate surface area is 177 Å². The van der Waals surface area contributed by atoms with Gasteiger partial charge in [0.1, 0.15) is 5.92 Å². The lowest BCUT2D eigenvalue weighted by molar-refractivity contribution is -0.144. The summed E-state index contributed by atoms with van der Waals surface area (Å²) in [6.45, 7) is 2.19. The van der Waals surface area contributed by atoms with E-state index < -0.39 is 5.92 Å². The number of ether oxygens (including phenoxy) is 2. The molecule has 1 aromatic heterocycles. The molecule has 30 heavy (non-hydrogen) atoms. The number of esters is 1. The van der Waals surface area contributed by atoms with Crippen molar-refractivity contribution in [3.63, 3.8) is 0 Å². The highest BCUT2D eigenvalue weighted by atomic mass is 16.5. The number of benzene rings is 2. The van der Waals surface area contributed by atoms with E-state index in [0.717, 1.165) is 53.5 Å². The summed E-state index contributed by atoms with van der Waals surface area (Å²) in [4.78, 5) is 17.6. The van der Waals surface area contributed by atoms with Gasteiger partial charge in [0, 0.05) is 11.1 Å². The summed E-state index contributed by atoms with van der Waals surface area (Å²) in [7, 11) is 1.60. The Morgan fingerprint density at radius 2 is 1.90 bits per heavy atom. The third-order valence-corrected chi connectivity index (χ3v) is 5.66. The number of nitrogens with zero attached hydrogens (tertiary/aromatic N) is 1. The zero-order chi connectivity index (χ0) is 20.9. The summed E-state index contributed by atoms with van der Waals surface area (Å²) in [6, 6.07) is 18.5. The Hall–Kier alpha value is -3.14. The molecule has 1 aliphatic carbocycles. The lowest BCUT2D eigenvalue weighted by atomic mass is 9.84. The van der Waals surface area contributed by atoms with Crippen LogP contribution >= 0.6 is 0 Å². The molecule has 0 fully saturated rings. The fourth-order valence-electron chi connectivity index (χ4n) is 4.17. The van der Waals surface area contributed by atoms with E-state index in [1.54, 1.807) is 7.11 Å². The SMILES string of the molecule is CCOC(=O)C(C1=CCCCC1)c1ccc(-c2ccc3ccccc3c2)nc1OC. The fraction of sp³-hybridized carbons (Fsp3) is 0.308. The van der Waals surface area contributed by atoms with Crippen LogP contribution < -0.4 is 4.74 Å². The van der Waals surface area contributed by atoms with E-state index in [-0.39, 0.29) is 5.97 Å². The van der Waals surface area contributed by atoms with Gasteiger partial charge < -0.3 is 9.47 Å². The van der Waals surface area contributed by atoms with E-state index in [0.29, 0.717) is 12.5 Å². The molecule has 154 valence electrons. The normalized spacial score (nSPS) is 14.8. The fourth-order valence-corrected chi connectivity index (χ4v) is 4.17. The van der Waals surface area contributed by atoms with Crippen molar-refractivity contribution in [1.29, 1.82) is 0 Å². The molecular formula is C26H27NO3. The predicted molar refractivity (Wildman–Crippen MR) is 120 cm³/mol. The monoisotopic (exact) mass is 401 g/mol. The topological polar surface area (TPSA) is 48.4 Å². The number of allylic oxidation sites excluding steroid dienone is 1. The molecule has 4 heteroatoms. The van der Waals surface area contributed by atoms with Crippen molar-refractivity contribution < 1.29 is 14.3 Å². The first kappa shape index (κ1) is 20.1. The van der Waals surface area contributed by atoms with Crippen molar-refractivity contribution in [3.05, 3.63) is 71.8 Å². The van der Waals surface area contributed by atoms with Gasteiger partial charge in [-0.25, -0.2) is 4.98 Å². The van der Waals surface area contributed by atoms with E-state index in [4.69, 9.17) is 14.5 Å². The van der Waals surface area contributed by atoms with E-state index >= 15 is 0 Å². The van der Waals surface area contributed by atoms with Gasteiger partial charge in [0.15, 0.2) is 0 Å². The largest absolute Gasteiger partial charge is 0.481 e. The number of carbonyl (C=O) groups is 1. The zero-order valence-corrected chi connectivity index (χ0v) is 17.6. The maximum absolute atomic E-state index is 12.9. The van der Waals surface area contributed by atoms with Crippen LogP contribution in [0.5, 0.6) is 5.88 Å². The quantitative estimate of drug-likeness (QED) is 0.372. The van der Waals surface area contributed by atoms with Gasteiger partial charge in [0.25, 0.3) is 0 Å². The van der Waals surface area contributed by atoms with Crippen molar-refractivity contribution in [2.45, 2.75) is 38.5 Å². The van der Waals surface area contributed by atoms with Crippen molar-refractivity contribution in [3.8, 4) is 17.1 Å². The molecule has 0 saturated heterocycles. The summed E-state index contributed by atoms with van der Waals surface area (Å²) in [5.74, 6) is -0.215. The van der Waals surface area contributed by atoms with Gasteiger partial charge >= 0.3 is 5.97 Å². The van der Waals surface area contributed by atoms with Gasteiger partial charge in [-0.1, -0.05) is 54.1 Å². The second-order valence-electron chi connectivity index (χ2n) is 7.57. The number of rotatable bonds is 6. The lowest BCUT2D eigenvalue weighted by Gasteiger charge is -2.23. The molecule has 2 aromatic carbocycles. The number of pyridine rings is 1. The number of fused-ring (bicyclic) bond motifs is 1. The zero-order valence-electron chi connectivity index (χ0n) is 17.6. The van der Waals surface area contributed by atoms with Crippen LogP contribution in [-0.4, -0.2) is 24.7 Å². The lowest BCUT2D eigenvalue weighted by Crippen LogP contribution is -2.20. The van der Waals surface area contributed by atoms with Gasteiger partial charge in [-0.05, 0) is 55.5 Å². The molecular weight excluding hydrogens is 374 g/mol. The summed E-state index contributed by atoms with van der Waals surface area (Å²) in [5.41, 5.74) is 3.72. The minimum absolute atomic E-state index is 0.232. The van der Waals surface area contributed by atoms with Crippen molar-refractivity contribution in [1.82, 2.24) is 4.98 Å². The smallest absolute Gasteiger partial charge is 0.317 e. The highest BCUT2D eigenvalue weighted by molar-refractivity contribution is 5.87. The van der Waals surface area contributed by atoms with E-state index in [1.165, 1.54) is 5.39 Å². The van der Waals surface area contributed by atoms with E-state index in [1.807, 2.05) is 31.2 Å². The molecule has 0 bridgehead atoms. The highest BCUT2D eigenvalue weighted by Crippen LogP contribution is 2.38. The Morgan fingerprint density at radius 3 is 2.63 bits per heavy atom. The maximum atomic E-state index is 12.9. The predicted octanol–water partition coefficient (Wildman–Crippen LogP) is 6.06. The van der Waals surface area contributed by atoms with Crippen molar-refractivity contribution in [2.24, 2.45) is 0 Å². The van der Waals surface area contributed by atoms with E-state index in [9.17, 15) is 4.79 Å². The minimum Gasteiger partial charge on any atom is -0.481 e. The second-order valence-corrected chi connectivity index (χ2v) is 7.57. The number of carbonyl (C=O) groups excluding carboxylic acids is 1.